The minimum absolute atomic E-state index is 0.0561. The molecular formula is C15H18ClF3N2O3. The molecule has 1 N–H and O–H groups in total. The molecule has 9 heteroatoms. The Kier molecular flexibility index (Phi) is 7.84. The van der Waals surface area contributed by atoms with Crippen molar-refractivity contribution in [1.29, 1.82) is 0 Å². The van der Waals surface area contributed by atoms with Gasteiger partial charge in [-0.05, 0) is 18.6 Å². The third-order valence-corrected chi connectivity index (χ3v) is 3.40. The van der Waals surface area contributed by atoms with Crippen LogP contribution in [0.2, 0.25) is 5.02 Å². The summed E-state index contributed by atoms with van der Waals surface area (Å²) < 4.78 is 39.6. The molecule has 0 saturated heterocycles. The van der Waals surface area contributed by atoms with Crippen LogP contribution in [0.4, 0.5) is 18.0 Å². The Balaban J connectivity index is 2.40. The van der Waals surface area contributed by atoms with Crippen molar-refractivity contribution in [1.82, 2.24) is 10.2 Å². The monoisotopic (exact) mass is 366 g/mol. The number of carbonyl (C=O) groups excluding carboxylic acids is 2. The second-order valence-corrected chi connectivity index (χ2v) is 5.27. The molecule has 0 aromatic heterocycles. The van der Waals surface area contributed by atoms with Crippen molar-refractivity contribution in [3.63, 3.8) is 0 Å². The van der Waals surface area contributed by atoms with E-state index in [0.717, 1.165) is 5.56 Å². The standard InChI is InChI=1S/C15H18ClF3N2O3/c1-2-21(9-11-5-3-4-6-12(11)16)13(22)7-8-20-14(23)24-10-15(17,18)19/h3-6H,2,7-10H2,1H3,(H,20,23). The molecule has 0 saturated carbocycles. The smallest absolute Gasteiger partial charge is 0.422 e. The molecule has 134 valence electrons. The molecule has 0 heterocycles. The maximum Gasteiger partial charge on any atom is 0.422 e. The van der Waals surface area contributed by atoms with Gasteiger partial charge in [0.1, 0.15) is 0 Å². The van der Waals surface area contributed by atoms with E-state index in [-0.39, 0.29) is 18.9 Å². The molecule has 5 nitrogen and oxygen atoms in total. The van der Waals surface area contributed by atoms with Gasteiger partial charge in [0.15, 0.2) is 6.61 Å². The van der Waals surface area contributed by atoms with Gasteiger partial charge < -0.3 is 15.0 Å². The predicted octanol–water partition coefficient (Wildman–Crippen LogP) is 3.37. The van der Waals surface area contributed by atoms with Crippen LogP contribution in [-0.4, -0.2) is 42.8 Å². The number of carbonyl (C=O) groups is 2. The molecule has 0 fully saturated rings. The maximum absolute atomic E-state index is 12.1. The number of hydrogen-bond donors (Lipinski definition) is 1. The summed E-state index contributed by atoms with van der Waals surface area (Å²) in [7, 11) is 0. The lowest BCUT2D eigenvalue weighted by molar-refractivity contribution is -0.160. The summed E-state index contributed by atoms with van der Waals surface area (Å²) in [5.74, 6) is -0.256. The Morgan fingerprint density at radius 1 is 1.29 bits per heavy atom. The largest absolute Gasteiger partial charge is 0.440 e. The van der Waals surface area contributed by atoms with E-state index in [9.17, 15) is 22.8 Å². The first-order valence-corrected chi connectivity index (χ1v) is 7.59. The molecule has 0 spiro atoms. The van der Waals surface area contributed by atoms with Crippen molar-refractivity contribution >= 4 is 23.6 Å². The number of hydrogen-bond acceptors (Lipinski definition) is 3. The van der Waals surface area contributed by atoms with E-state index < -0.39 is 18.9 Å². The highest BCUT2D eigenvalue weighted by Crippen LogP contribution is 2.17. The third-order valence-electron chi connectivity index (χ3n) is 3.03. The highest BCUT2D eigenvalue weighted by atomic mass is 35.5. The summed E-state index contributed by atoms with van der Waals surface area (Å²) in [5, 5.41) is 2.65. The number of rotatable bonds is 7. The summed E-state index contributed by atoms with van der Waals surface area (Å²) in [6.45, 7) is 0.755. The molecule has 1 rings (SSSR count). The summed E-state index contributed by atoms with van der Waals surface area (Å²) in [4.78, 5) is 24.7. The van der Waals surface area contributed by atoms with E-state index >= 15 is 0 Å². The average molecular weight is 367 g/mol. The van der Waals surface area contributed by atoms with Crippen molar-refractivity contribution < 1.29 is 27.5 Å². The van der Waals surface area contributed by atoms with Crippen LogP contribution in [-0.2, 0) is 16.1 Å². The lowest BCUT2D eigenvalue weighted by Gasteiger charge is -2.21. The van der Waals surface area contributed by atoms with Gasteiger partial charge in [-0.15, -0.1) is 0 Å². The quantitative estimate of drug-likeness (QED) is 0.805. The van der Waals surface area contributed by atoms with Crippen LogP contribution in [0.5, 0.6) is 0 Å². The molecule has 1 aromatic rings. The van der Waals surface area contributed by atoms with E-state index in [1.54, 1.807) is 31.2 Å². The van der Waals surface area contributed by atoms with Crippen molar-refractivity contribution in [3.8, 4) is 0 Å². The fourth-order valence-electron chi connectivity index (χ4n) is 1.84. The first-order valence-electron chi connectivity index (χ1n) is 7.21. The summed E-state index contributed by atoms with van der Waals surface area (Å²) in [6.07, 6.45) is -5.85. The highest BCUT2D eigenvalue weighted by Gasteiger charge is 2.29. The van der Waals surface area contributed by atoms with E-state index in [4.69, 9.17) is 11.6 Å². The second-order valence-electron chi connectivity index (χ2n) is 4.87. The number of nitrogens with one attached hydrogen (secondary N) is 1. The van der Waals surface area contributed by atoms with E-state index in [0.29, 0.717) is 18.1 Å². The zero-order valence-corrected chi connectivity index (χ0v) is 13.8. The molecule has 0 atom stereocenters. The van der Waals surface area contributed by atoms with Gasteiger partial charge >= 0.3 is 12.3 Å². The lowest BCUT2D eigenvalue weighted by Crippen LogP contribution is -2.35. The zero-order chi connectivity index (χ0) is 18.2. The first-order chi connectivity index (χ1) is 11.2. The Bertz CT molecular complexity index is 567. The van der Waals surface area contributed by atoms with Crippen LogP contribution in [0, 0.1) is 0 Å². The van der Waals surface area contributed by atoms with Crippen molar-refractivity contribution in [2.24, 2.45) is 0 Å². The minimum atomic E-state index is -4.58. The molecule has 24 heavy (non-hydrogen) atoms. The molecule has 0 bridgehead atoms. The van der Waals surface area contributed by atoms with Gasteiger partial charge in [-0.25, -0.2) is 4.79 Å². The van der Waals surface area contributed by atoms with Crippen LogP contribution >= 0.6 is 11.6 Å². The van der Waals surface area contributed by atoms with Crippen LogP contribution in [0.25, 0.3) is 0 Å². The Hall–Kier alpha value is -1.96. The van der Waals surface area contributed by atoms with E-state index in [1.165, 1.54) is 4.90 Å². The van der Waals surface area contributed by atoms with Crippen molar-refractivity contribution in [3.05, 3.63) is 34.9 Å². The number of halogens is 4. The van der Waals surface area contributed by atoms with Crippen molar-refractivity contribution in [2.75, 3.05) is 19.7 Å². The Morgan fingerprint density at radius 3 is 2.54 bits per heavy atom. The summed E-state index contributed by atoms with van der Waals surface area (Å²) in [6, 6.07) is 7.09. The van der Waals surface area contributed by atoms with Crippen LogP contribution in [0.1, 0.15) is 18.9 Å². The van der Waals surface area contributed by atoms with E-state index in [2.05, 4.69) is 10.1 Å². The highest BCUT2D eigenvalue weighted by molar-refractivity contribution is 6.31. The Morgan fingerprint density at radius 2 is 1.96 bits per heavy atom. The fraction of sp³-hybridized carbons (Fsp3) is 0.467. The molecule has 0 aliphatic heterocycles. The number of benzene rings is 1. The molecule has 0 unspecified atom stereocenters. The number of amides is 2. The van der Waals surface area contributed by atoms with Crippen molar-refractivity contribution in [2.45, 2.75) is 26.1 Å². The topological polar surface area (TPSA) is 58.6 Å². The van der Waals surface area contributed by atoms with Gasteiger partial charge in [0.05, 0.1) is 0 Å². The first kappa shape index (κ1) is 20.1. The third kappa shape index (κ3) is 7.54. The van der Waals surface area contributed by atoms with E-state index in [1.807, 2.05) is 0 Å². The van der Waals surface area contributed by atoms with Gasteiger partial charge in [-0.2, -0.15) is 13.2 Å². The second kappa shape index (κ2) is 9.36. The number of ether oxygens (including phenoxy) is 1. The lowest BCUT2D eigenvalue weighted by atomic mass is 10.2. The van der Waals surface area contributed by atoms with Gasteiger partial charge in [0.25, 0.3) is 0 Å². The van der Waals surface area contributed by atoms with Gasteiger partial charge in [-0.1, -0.05) is 29.8 Å². The number of nitrogens with zero attached hydrogens (tertiary/aromatic N) is 1. The zero-order valence-electron chi connectivity index (χ0n) is 13.0. The van der Waals surface area contributed by atoms with Crippen LogP contribution in [0.3, 0.4) is 0 Å². The summed E-state index contributed by atoms with van der Waals surface area (Å²) in [5.41, 5.74) is 0.784. The van der Waals surface area contributed by atoms with Gasteiger partial charge in [-0.3, -0.25) is 4.79 Å². The fourth-order valence-corrected chi connectivity index (χ4v) is 2.03. The van der Waals surface area contributed by atoms with Crippen LogP contribution in [0.15, 0.2) is 24.3 Å². The molecule has 0 aliphatic rings. The molecular weight excluding hydrogens is 349 g/mol. The Labute approximate surface area is 142 Å². The summed E-state index contributed by atoms with van der Waals surface area (Å²) >= 11 is 6.04. The normalized spacial score (nSPS) is 11.0. The number of alkyl halides is 3. The average Bonchev–Trinajstić information content (AvgIpc) is 2.51. The minimum Gasteiger partial charge on any atom is -0.440 e. The molecule has 0 radical (unpaired) electrons. The maximum atomic E-state index is 12.1. The molecule has 2 amide bonds. The van der Waals surface area contributed by atoms with Gasteiger partial charge in [0, 0.05) is 31.1 Å². The molecule has 1 aromatic carbocycles. The predicted molar refractivity (Wildman–Crippen MR) is 82.6 cm³/mol. The van der Waals surface area contributed by atoms with Gasteiger partial charge in [0.2, 0.25) is 5.91 Å². The molecule has 0 aliphatic carbocycles. The SMILES string of the molecule is CCN(Cc1ccccc1Cl)C(=O)CCNC(=O)OCC(F)(F)F. The number of alkyl carbamates (subject to hydrolysis) is 1. The van der Waals surface area contributed by atoms with Crippen LogP contribution < -0.4 is 5.32 Å².